The Bertz CT molecular complexity index is 202. The molecule has 62 valence electrons. The normalized spacial score (nSPS) is 11.9. The van der Waals surface area contributed by atoms with Crippen molar-refractivity contribution in [1.29, 1.82) is 0 Å². The van der Waals surface area contributed by atoms with Crippen LogP contribution in [0.1, 0.15) is 39.5 Å². The summed E-state index contributed by atoms with van der Waals surface area (Å²) in [6.07, 6.45) is 3.52. The Balaban J connectivity index is 2.87. The van der Waals surface area contributed by atoms with Crippen molar-refractivity contribution in [1.82, 2.24) is 10.1 Å². The molecule has 0 N–H and O–H groups in total. The summed E-state index contributed by atoms with van der Waals surface area (Å²) in [7, 11) is 0. The van der Waals surface area contributed by atoms with Crippen LogP contribution in [0.2, 0.25) is 0 Å². The van der Waals surface area contributed by atoms with Gasteiger partial charge in [-0.1, -0.05) is 25.9 Å². The quantitative estimate of drug-likeness (QED) is 0.669. The van der Waals surface area contributed by atoms with Crippen LogP contribution in [0.3, 0.4) is 0 Å². The standard InChI is InChI=1S/C8H14N2O/c1-4-8(3,5-2)7-9-6-10-11-7/h6H,4-5H2,1-3H3. The van der Waals surface area contributed by atoms with Gasteiger partial charge in [-0.15, -0.1) is 0 Å². The zero-order valence-electron chi connectivity index (χ0n) is 7.29. The fourth-order valence-electron chi connectivity index (χ4n) is 0.992. The predicted molar refractivity (Wildman–Crippen MR) is 42.2 cm³/mol. The zero-order valence-corrected chi connectivity index (χ0v) is 7.29. The summed E-state index contributed by atoms with van der Waals surface area (Å²) < 4.78 is 5.02. The lowest BCUT2D eigenvalue weighted by Crippen LogP contribution is -2.19. The fourth-order valence-corrected chi connectivity index (χ4v) is 0.992. The summed E-state index contributed by atoms with van der Waals surface area (Å²) in [5.41, 5.74) is 0.0660. The molecule has 1 rings (SSSR count). The van der Waals surface area contributed by atoms with Crippen molar-refractivity contribution in [3.8, 4) is 0 Å². The first-order chi connectivity index (χ1) is 5.23. The second-order valence-corrected chi connectivity index (χ2v) is 3.01. The Morgan fingerprint density at radius 2 is 2.09 bits per heavy atom. The fraction of sp³-hybridized carbons (Fsp3) is 0.750. The molecule has 0 aliphatic heterocycles. The van der Waals surface area contributed by atoms with E-state index in [1.54, 1.807) is 0 Å². The highest BCUT2D eigenvalue weighted by Crippen LogP contribution is 2.28. The van der Waals surface area contributed by atoms with Crippen molar-refractivity contribution in [3.05, 3.63) is 12.2 Å². The topological polar surface area (TPSA) is 38.9 Å². The molecule has 0 fully saturated rings. The first kappa shape index (κ1) is 8.24. The summed E-state index contributed by atoms with van der Waals surface area (Å²) in [5.74, 6) is 0.752. The van der Waals surface area contributed by atoms with Crippen molar-refractivity contribution < 1.29 is 4.52 Å². The van der Waals surface area contributed by atoms with Gasteiger partial charge in [0.2, 0.25) is 5.89 Å². The van der Waals surface area contributed by atoms with Crippen LogP contribution in [0.5, 0.6) is 0 Å². The highest BCUT2D eigenvalue weighted by Gasteiger charge is 2.27. The third-order valence-electron chi connectivity index (χ3n) is 2.44. The molecule has 0 aromatic carbocycles. The highest BCUT2D eigenvalue weighted by atomic mass is 16.5. The zero-order chi connectivity index (χ0) is 8.32. The van der Waals surface area contributed by atoms with Crippen molar-refractivity contribution in [2.45, 2.75) is 39.0 Å². The van der Waals surface area contributed by atoms with E-state index in [-0.39, 0.29) is 5.41 Å². The second-order valence-electron chi connectivity index (χ2n) is 3.01. The number of aromatic nitrogens is 2. The molecular weight excluding hydrogens is 140 g/mol. The third kappa shape index (κ3) is 1.42. The molecule has 0 atom stereocenters. The second kappa shape index (κ2) is 3.03. The van der Waals surface area contributed by atoms with Gasteiger partial charge < -0.3 is 4.52 Å². The molecule has 0 unspecified atom stereocenters. The third-order valence-corrected chi connectivity index (χ3v) is 2.44. The lowest BCUT2D eigenvalue weighted by Gasteiger charge is -2.20. The van der Waals surface area contributed by atoms with Gasteiger partial charge >= 0.3 is 0 Å². The van der Waals surface area contributed by atoms with Crippen LogP contribution < -0.4 is 0 Å². The summed E-state index contributed by atoms with van der Waals surface area (Å²) in [5, 5.41) is 3.60. The Morgan fingerprint density at radius 3 is 2.45 bits per heavy atom. The summed E-state index contributed by atoms with van der Waals surface area (Å²) in [6, 6.07) is 0. The van der Waals surface area contributed by atoms with Crippen LogP contribution >= 0.6 is 0 Å². The molecule has 0 aliphatic rings. The molecule has 1 heterocycles. The molecule has 0 saturated heterocycles. The molecule has 1 aromatic rings. The molecule has 3 nitrogen and oxygen atoms in total. The van der Waals surface area contributed by atoms with Crippen molar-refractivity contribution in [2.24, 2.45) is 0 Å². The average molecular weight is 154 g/mol. The Labute approximate surface area is 66.8 Å². The first-order valence-electron chi connectivity index (χ1n) is 4.00. The first-order valence-corrected chi connectivity index (χ1v) is 4.00. The molecule has 0 spiro atoms. The van der Waals surface area contributed by atoms with Crippen LogP contribution in [-0.2, 0) is 5.41 Å². The van der Waals surface area contributed by atoms with Crippen LogP contribution in [-0.4, -0.2) is 10.1 Å². The van der Waals surface area contributed by atoms with Gasteiger partial charge in [0.05, 0.1) is 0 Å². The van der Waals surface area contributed by atoms with Crippen molar-refractivity contribution in [3.63, 3.8) is 0 Å². The molecule has 0 radical (unpaired) electrons. The number of hydrogen-bond acceptors (Lipinski definition) is 3. The lowest BCUT2D eigenvalue weighted by atomic mass is 9.85. The van der Waals surface area contributed by atoms with E-state index >= 15 is 0 Å². The van der Waals surface area contributed by atoms with Gasteiger partial charge in [0, 0.05) is 5.41 Å². The van der Waals surface area contributed by atoms with Gasteiger partial charge in [0.25, 0.3) is 0 Å². The van der Waals surface area contributed by atoms with Gasteiger partial charge in [0.1, 0.15) is 0 Å². The maximum Gasteiger partial charge on any atom is 0.232 e. The monoisotopic (exact) mass is 154 g/mol. The molecule has 11 heavy (non-hydrogen) atoms. The van der Waals surface area contributed by atoms with Gasteiger partial charge in [-0.05, 0) is 12.8 Å². The highest BCUT2D eigenvalue weighted by molar-refractivity contribution is 4.98. The molecule has 0 bridgehead atoms. The van der Waals surface area contributed by atoms with E-state index in [1.165, 1.54) is 6.33 Å². The van der Waals surface area contributed by atoms with Gasteiger partial charge in [-0.25, -0.2) is 0 Å². The van der Waals surface area contributed by atoms with Crippen molar-refractivity contribution in [2.75, 3.05) is 0 Å². The minimum absolute atomic E-state index is 0.0660. The van der Waals surface area contributed by atoms with E-state index in [0.29, 0.717) is 0 Å². The maximum absolute atomic E-state index is 5.02. The van der Waals surface area contributed by atoms with E-state index in [4.69, 9.17) is 4.52 Å². The minimum atomic E-state index is 0.0660. The number of nitrogens with zero attached hydrogens (tertiary/aromatic N) is 2. The molecule has 0 aliphatic carbocycles. The SMILES string of the molecule is CCC(C)(CC)c1ncno1. The largest absolute Gasteiger partial charge is 0.339 e. The van der Waals surface area contributed by atoms with Crippen molar-refractivity contribution >= 4 is 0 Å². The van der Waals surface area contributed by atoms with Crippen LogP contribution in [0.25, 0.3) is 0 Å². The lowest BCUT2D eigenvalue weighted by molar-refractivity contribution is 0.279. The van der Waals surface area contributed by atoms with E-state index in [2.05, 4.69) is 30.9 Å². The van der Waals surface area contributed by atoms with Gasteiger partial charge in [-0.3, -0.25) is 0 Å². The smallest absolute Gasteiger partial charge is 0.232 e. The Hall–Kier alpha value is -0.860. The molecule has 0 saturated carbocycles. The van der Waals surface area contributed by atoms with Crippen LogP contribution in [0.15, 0.2) is 10.9 Å². The van der Waals surface area contributed by atoms with Crippen LogP contribution in [0.4, 0.5) is 0 Å². The molecule has 3 heteroatoms. The summed E-state index contributed by atoms with van der Waals surface area (Å²) >= 11 is 0. The van der Waals surface area contributed by atoms with Crippen LogP contribution in [0, 0.1) is 0 Å². The minimum Gasteiger partial charge on any atom is -0.339 e. The molecule has 0 amide bonds. The van der Waals surface area contributed by atoms with Gasteiger partial charge in [0.15, 0.2) is 6.33 Å². The van der Waals surface area contributed by atoms with E-state index in [0.717, 1.165) is 18.7 Å². The van der Waals surface area contributed by atoms with Gasteiger partial charge in [-0.2, -0.15) is 4.98 Å². The predicted octanol–water partition coefficient (Wildman–Crippen LogP) is 2.15. The average Bonchev–Trinajstić information content (AvgIpc) is 2.55. The van der Waals surface area contributed by atoms with E-state index in [9.17, 15) is 0 Å². The molecule has 1 aromatic heterocycles. The van der Waals surface area contributed by atoms with E-state index < -0.39 is 0 Å². The Morgan fingerprint density at radius 1 is 1.45 bits per heavy atom. The Kier molecular flexibility index (Phi) is 2.27. The molecular formula is C8H14N2O. The summed E-state index contributed by atoms with van der Waals surface area (Å²) in [4.78, 5) is 4.05. The number of hydrogen-bond donors (Lipinski definition) is 0. The summed E-state index contributed by atoms with van der Waals surface area (Å²) in [6.45, 7) is 6.40. The number of rotatable bonds is 3. The van der Waals surface area contributed by atoms with E-state index in [1.807, 2.05) is 0 Å². The maximum atomic E-state index is 5.02.